The van der Waals surface area contributed by atoms with Crippen LogP contribution >= 0.6 is 0 Å². The lowest BCUT2D eigenvalue weighted by Crippen LogP contribution is -2.16. The lowest BCUT2D eigenvalue weighted by Gasteiger charge is -2.15. The minimum Gasteiger partial charge on any atom is -0.388 e. The van der Waals surface area contributed by atoms with Gasteiger partial charge in [-0.15, -0.1) is 6.58 Å². The van der Waals surface area contributed by atoms with E-state index in [9.17, 15) is 5.11 Å². The Balaban J connectivity index is 2.80. The van der Waals surface area contributed by atoms with Crippen LogP contribution in [0.5, 0.6) is 0 Å². The van der Waals surface area contributed by atoms with Gasteiger partial charge in [-0.2, -0.15) is 0 Å². The fraction of sp³-hybridized carbons (Fsp3) is 0.286. The summed E-state index contributed by atoms with van der Waals surface area (Å²) in [6.45, 7) is 7.58. The highest BCUT2D eigenvalue weighted by atomic mass is 16.3. The van der Waals surface area contributed by atoms with Crippen LogP contribution in [-0.4, -0.2) is 11.2 Å². The molecular weight excluding hydrogens is 184 g/mol. The largest absolute Gasteiger partial charge is 0.388 e. The highest BCUT2D eigenvalue weighted by Crippen LogP contribution is 2.16. The zero-order valence-corrected chi connectivity index (χ0v) is 9.35. The highest BCUT2D eigenvalue weighted by Gasteiger charge is 2.12. The molecule has 0 saturated heterocycles. The molecule has 15 heavy (non-hydrogen) atoms. The van der Waals surface area contributed by atoms with E-state index in [2.05, 4.69) is 6.58 Å². The summed E-state index contributed by atoms with van der Waals surface area (Å²) in [5.41, 5.74) is 2.08. The summed E-state index contributed by atoms with van der Waals surface area (Å²) in [5, 5.41) is 9.91. The number of benzene rings is 1. The second-order valence-electron chi connectivity index (χ2n) is 3.84. The molecular formula is C14H18O. The van der Waals surface area contributed by atoms with E-state index in [0.29, 0.717) is 0 Å². The smallest absolute Gasteiger partial charge is 0.0810 e. The molecule has 1 heteroatoms. The van der Waals surface area contributed by atoms with E-state index in [4.69, 9.17) is 0 Å². The van der Waals surface area contributed by atoms with Crippen LogP contribution in [-0.2, 0) is 0 Å². The lowest BCUT2D eigenvalue weighted by atomic mass is 9.97. The Morgan fingerprint density at radius 1 is 1.33 bits per heavy atom. The van der Waals surface area contributed by atoms with Crippen molar-refractivity contribution < 1.29 is 5.11 Å². The molecule has 0 saturated carbocycles. The molecule has 1 nitrogen and oxygen atoms in total. The summed E-state index contributed by atoms with van der Waals surface area (Å²) >= 11 is 0. The molecule has 1 unspecified atom stereocenters. The van der Waals surface area contributed by atoms with Crippen LogP contribution in [0.15, 0.2) is 48.6 Å². The second-order valence-corrected chi connectivity index (χ2v) is 3.84. The van der Waals surface area contributed by atoms with Crippen molar-refractivity contribution in [2.45, 2.75) is 20.0 Å². The van der Waals surface area contributed by atoms with Crippen LogP contribution in [0.25, 0.3) is 6.08 Å². The van der Waals surface area contributed by atoms with Crippen LogP contribution < -0.4 is 0 Å². The topological polar surface area (TPSA) is 20.2 Å². The molecule has 0 aliphatic rings. The second kappa shape index (κ2) is 5.52. The predicted octanol–water partition coefficient (Wildman–Crippen LogP) is 3.27. The molecule has 0 aliphatic heterocycles. The maximum absolute atomic E-state index is 9.91. The van der Waals surface area contributed by atoms with Crippen molar-refractivity contribution in [2.75, 3.05) is 0 Å². The maximum Gasteiger partial charge on any atom is 0.0810 e. The van der Waals surface area contributed by atoms with Gasteiger partial charge < -0.3 is 5.11 Å². The van der Waals surface area contributed by atoms with Crippen LogP contribution in [0.3, 0.4) is 0 Å². The van der Waals surface area contributed by atoms with E-state index in [-0.39, 0.29) is 5.92 Å². The van der Waals surface area contributed by atoms with E-state index in [0.717, 1.165) is 11.1 Å². The average molecular weight is 202 g/mol. The van der Waals surface area contributed by atoms with Crippen molar-refractivity contribution in [2.24, 2.45) is 5.92 Å². The van der Waals surface area contributed by atoms with Gasteiger partial charge in [0.2, 0.25) is 0 Å². The standard InChI is InChI=1S/C14H18O/c1-4-11(2)14(15)12(3)10-13-8-6-5-7-9-13/h4-11,14-15H,1H2,2-3H3/b12-10+/t11?,14-/m1/s1. The van der Waals surface area contributed by atoms with Crippen LogP contribution in [0, 0.1) is 5.92 Å². The zero-order chi connectivity index (χ0) is 11.3. The van der Waals surface area contributed by atoms with Gasteiger partial charge in [0.1, 0.15) is 0 Å². The first-order valence-electron chi connectivity index (χ1n) is 5.19. The monoisotopic (exact) mass is 202 g/mol. The minimum absolute atomic E-state index is 0.0879. The Kier molecular flexibility index (Phi) is 4.32. The molecule has 0 amide bonds. The number of rotatable bonds is 4. The van der Waals surface area contributed by atoms with Crippen LogP contribution in [0.1, 0.15) is 19.4 Å². The van der Waals surface area contributed by atoms with Crippen molar-refractivity contribution in [3.63, 3.8) is 0 Å². The van der Waals surface area contributed by atoms with Gasteiger partial charge in [0, 0.05) is 5.92 Å². The first-order chi connectivity index (χ1) is 7.15. The molecule has 1 rings (SSSR count). The molecule has 0 aromatic heterocycles. The van der Waals surface area contributed by atoms with Gasteiger partial charge in [-0.25, -0.2) is 0 Å². The molecule has 80 valence electrons. The third kappa shape index (κ3) is 3.37. The Bertz CT molecular complexity index is 338. The molecule has 0 heterocycles. The molecule has 0 aliphatic carbocycles. The summed E-state index contributed by atoms with van der Waals surface area (Å²) in [4.78, 5) is 0. The van der Waals surface area contributed by atoms with Gasteiger partial charge in [0.15, 0.2) is 0 Å². The Hall–Kier alpha value is -1.34. The van der Waals surface area contributed by atoms with Gasteiger partial charge >= 0.3 is 0 Å². The molecule has 1 aromatic carbocycles. The number of hydrogen-bond acceptors (Lipinski definition) is 1. The molecule has 0 radical (unpaired) electrons. The minimum atomic E-state index is -0.442. The molecule has 2 atom stereocenters. The number of hydrogen-bond donors (Lipinski definition) is 1. The van der Waals surface area contributed by atoms with E-state index in [1.807, 2.05) is 50.3 Å². The summed E-state index contributed by atoms with van der Waals surface area (Å²) in [5.74, 6) is 0.0879. The fourth-order valence-corrected chi connectivity index (χ4v) is 1.44. The fourth-order valence-electron chi connectivity index (χ4n) is 1.44. The Labute approximate surface area is 91.8 Å². The van der Waals surface area contributed by atoms with Crippen molar-refractivity contribution in [1.82, 2.24) is 0 Å². The summed E-state index contributed by atoms with van der Waals surface area (Å²) in [6.07, 6.45) is 3.33. The van der Waals surface area contributed by atoms with E-state index >= 15 is 0 Å². The van der Waals surface area contributed by atoms with Crippen molar-refractivity contribution in [3.8, 4) is 0 Å². The van der Waals surface area contributed by atoms with E-state index < -0.39 is 6.10 Å². The Morgan fingerprint density at radius 2 is 1.93 bits per heavy atom. The SMILES string of the molecule is C=CC(C)[C@@H](O)/C(C)=C/c1ccccc1. The predicted molar refractivity (Wildman–Crippen MR) is 65.5 cm³/mol. The first kappa shape index (κ1) is 11.7. The van der Waals surface area contributed by atoms with Crippen molar-refractivity contribution in [1.29, 1.82) is 0 Å². The third-order valence-corrected chi connectivity index (χ3v) is 2.53. The zero-order valence-electron chi connectivity index (χ0n) is 9.35. The maximum atomic E-state index is 9.91. The normalized spacial score (nSPS) is 15.8. The highest BCUT2D eigenvalue weighted by molar-refractivity contribution is 5.53. The van der Waals surface area contributed by atoms with Crippen LogP contribution in [0.2, 0.25) is 0 Å². The molecule has 0 bridgehead atoms. The molecule has 1 N–H and O–H groups in total. The van der Waals surface area contributed by atoms with Crippen molar-refractivity contribution in [3.05, 3.63) is 54.1 Å². The summed E-state index contributed by atoms with van der Waals surface area (Å²) in [7, 11) is 0. The van der Waals surface area contributed by atoms with Gasteiger partial charge in [0.05, 0.1) is 6.10 Å². The van der Waals surface area contributed by atoms with E-state index in [1.165, 1.54) is 0 Å². The molecule has 0 spiro atoms. The average Bonchev–Trinajstić information content (AvgIpc) is 2.28. The van der Waals surface area contributed by atoms with Gasteiger partial charge in [-0.3, -0.25) is 0 Å². The first-order valence-corrected chi connectivity index (χ1v) is 5.19. The number of aliphatic hydroxyl groups excluding tert-OH is 1. The summed E-state index contributed by atoms with van der Waals surface area (Å²) < 4.78 is 0. The van der Waals surface area contributed by atoms with E-state index in [1.54, 1.807) is 6.08 Å². The van der Waals surface area contributed by atoms with Crippen molar-refractivity contribution >= 4 is 6.08 Å². The van der Waals surface area contributed by atoms with Crippen LogP contribution in [0.4, 0.5) is 0 Å². The number of aliphatic hydroxyl groups is 1. The molecule has 1 aromatic rings. The quantitative estimate of drug-likeness (QED) is 0.743. The lowest BCUT2D eigenvalue weighted by molar-refractivity contribution is 0.174. The van der Waals surface area contributed by atoms with Gasteiger partial charge in [-0.05, 0) is 18.1 Å². The third-order valence-electron chi connectivity index (χ3n) is 2.53. The van der Waals surface area contributed by atoms with Gasteiger partial charge in [0.25, 0.3) is 0 Å². The summed E-state index contributed by atoms with van der Waals surface area (Å²) in [6, 6.07) is 10.0. The Morgan fingerprint density at radius 3 is 2.47 bits per heavy atom. The molecule has 0 fully saturated rings. The van der Waals surface area contributed by atoms with Gasteiger partial charge in [-0.1, -0.05) is 49.4 Å².